The predicted octanol–water partition coefficient (Wildman–Crippen LogP) is 3.25. The molecule has 2 rings (SSSR count). The maximum absolute atomic E-state index is 10.7. The first-order valence-electron chi connectivity index (χ1n) is 5.69. The van der Waals surface area contributed by atoms with Crippen LogP contribution in [0.4, 0.5) is 0 Å². The quantitative estimate of drug-likeness (QED) is 0.878. The lowest BCUT2D eigenvalue weighted by atomic mass is 10.1. The molecule has 19 heavy (non-hydrogen) atoms. The molecule has 0 spiro atoms. The minimum absolute atomic E-state index is 0.608. The Morgan fingerprint density at radius 1 is 1.47 bits per heavy atom. The van der Waals surface area contributed by atoms with Crippen molar-refractivity contribution in [2.24, 2.45) is 7.05 Å². The minimum Gasteiger partial charge on any atom is -0.496 e. The first-order valence-corrected chi connectivity index (χ1v) is 6.07. The number of ether oxygens (including phenoxy) is 1. The summed E-state index contributed by atoms with van der Waals surface area (Å²) < 4.78 is 7.28. The zero-order valence-electron chi connectivity index (χ0n) is 10.9. The summed E-state index contributed by atoms with van der Waals surface area (Å²) in [6, 6.07) is 3.55. The summed E-state index contributed by atoms with van der Waals surface area (Å²) in [6.45, 7) is 1.91. The predicted molar refractivity (Wildman–Crippen MR) is 75.9 cm³/mol. The molecule has 0 atom stereocenters. The van der Waals surface area contributed by atoms with Gasteiger partial charge in [0.15, 0.2) is 0 Å². The van der Waals surface area contributed by atoms with Gasteiger partial charge in [0, 0.05) is 24.4 Å². The zero-order chi connectivity index (χ0) is 14.2. The molecule has 0 fully saturated rings. The number of rotatable bonds is 3. The van der Waals surface area contributed by atoms with E-state index in [-0.39, 0.29) is 0 Å². The fourth-order valence-corrected chi connectivity index (χ4v) is 2.48. The Morgan fingerprint density at radius 2 is 2.16 bits per heavy atom. The van der Waals surface area contributed by atoms with Gasteiger partial charge in [-0.2, -0.15) is 0 Å². The smallest absolute Gasteiger partial charge is 0.328 e. The lowest BCUT2D eigenvalue weighted by molar-refractivity contribution is -0.131. The van der Waals surface area contributed by atoms with Gasteiger partial charge in [-0.05, 0) is 25.1 Å². The average molecular weight is 280 g/mol. The molecule has 0 unspecified atom stereocenters. The number of carboxylic acids is 1. The van der Waals surface area contributed by atoms with Crippen LogP contribution in [0.15, 0.2) is 18.2 Å². The van der Waals surface area contributed by atoms with Crippen molar-refractivity contribution in [3.8, 4) is 5.75 Å². The van der Waals surface area contributed by atoms with Gasteiger partial charge in [-0.3, -0.25) is 0 Å². The van der Waals surface area contributed by atoms with Crippen LogP contribution in [0.25, 0.3) is 17.0 Å². The Kier molecular flexibility index (Phi) is 3.53. The first-order chi connectivity index (χ1) is 8.97. The van der Waals surface area contributed by atoms with Gasteiger partial charge < -0.3 is 14.4 Å². The van der Waals surface area contributed by atoms with Crippen molar-refractivity contribution in [1.82, 2.24) is 4.57 Å². The van der Waals surface area contributed by atoms with Crippen molar-refractivity contribution < 1.29 is 14.6 Å². The topological polar surface area (TPSA) is 51.5 Å². The highest BCUT2D eigenvalue weighted by atomic mass is 35.5. The number of hydrogen-bond donors (Lipinski definition) is 1. The molecule has 1 aromatic carbocycles. The van der Waals surface area contributed by atoms with Crippen molar-refractivity contribution >= 4 is 34.5 Å². The molecule has 2 aromatic rings. The van der Waals surface area contributed by atoms with Gasteiger partial charge in [-0.25, -0.2) is 4.79 Å². The van der Waals surface area contributed by atoms with Crippen LogP contribution in [-0.4, -0.2) is 22.8 Å². The van der Waals surface area contributed by atoms with Crippen LogP contribution in [0.5, 0.6) is 5.75 Å². The van der Waals surface area contributed by atoms with Crippen molar-refractivity contribution in [1.29, 1.82) is 0 Å². The van der Waals surface area contributed by atoms with Crippen LogP contribution < -0.4 is 4.74 Å². The minimum atomic E-state index is -0.989. The second-order valence-corrected chi connectivity index (χ2v) is 4.61. The monoisotopic (exact) mass is 279 g/mol. The summed E-state index contributed by atoms with van der Waals surface area (Å²) in [6.07, 6.45) is 2.68. The summed E-state index contributed by atoms with van der Waals surface area (Å²) in [5, 5.41) is 10.2. The van der Waals surface area contributed by atoms with Gasteiger partial charge in [-0.1, -0.05) is 11.6 Å². The molecule has 0 saturated carbocycles. The van der Waals surface area contributed by atoms with E-state index in [1.165, 1.54) is 0 Å². The van der Waals surface area contributed by atoms with Gasteiger partial charge in [0.2, 0.25) is 0 Å². The molecule has 1 aromatic heterocycles. The summed E-state index contributed by atoms with van der Waals surface area (Å²) in [7, 11) is 3.47. The van der Waals surface area contributed by atoms with E-state index in [0.717, 1.165) is 28.2 Å². The van der Waals surface area contributed by atoms with E-state index >= 15 is 0 Å². The van der Waals surface area contributed by atoms with Crippen LogP contribution in [0.3, 0.4) is 0 Å². The van der Waals surface area contributed by atoms with E-state index in [4.69, 9.17) is 21.4 Å². The van der Waals surface area contributed by atoms with Gasteiger partial charge >= 0.3 is 5.97 Å². The first kappa shape index (κ1) is 13.5. The van der Waals surface area contributed by atoms with Crippen molar-refractivity contribution in [2.75, 3.05) is 7.11 Å². The van der Waals surface area contributed by atoms with E-state index in [1.807, 2.05) is 18.5 Å². The van der Waals surface area contributed by atoms with Crippen LogP contribution >= 0.6 is 11.6 Å². The van der Waals surface area contributed by atoms with Gasteiger partial charge in [0.05, 0.1) is 23.0 Å². The second kappa shape index (κ2) is 4.97. The van der Waals surface area contributed by atoms with Crippen molar-refractivity contribution in [2.45, 2.75) is 6.92 Å². The number of nitrogens with zero attached hydrogens (tertiary/aromatic N) is 1. The zero-order valence-corrected chi connectivity index (χ0v) is 11.7. The average Bonchev–Trinajstić information content (AvgIpc) is 2.62. The molecule has 1 N–H and O–H groups in total. The number of hydrogen-bond acceptors (Lipinski definition) is 2. The second-order valence-electron chi connectivity index (χ2n) is 4.20. The Labute approximate surface area is 115 Å². The molecular formula is C14H14ClNO3. The standard InChI is InChI=1S/C14H14ClNO3/c1-8-9(4-7-12(17)18)13-11(19-3)6-5-10(15)14(13)16(8)2/h4-7H,1-3H3,(H,17,18)/b7-4+. The molecule has 100 valence electrons. The Morgan fingerprint density at radius 3 is 2.74 bits per heavy atom. The van der Waals surface area contributed by atoms with E-state index in [9.17, 15) is 4.79 Å². The third kappa shape index (κ3) is 2.19. The molecule has 0 amide bonds. The summed E-state index contributed by atoms with van der Waals surface area (Å²) >= 11 is 6.22. The maximum atomic E-state index is 10.7. The van der Waals surface area contributed by atoms with E-state index in [1.54, 1.807) is 25.3 Å². The number of carbonyl (C=O) groups is 1. The number of carboxylic acid groups (broad SMARTS) is 1. The fourth-order valence-electron chi connectivity index (χ4n) is 2.19. The molecule has 4 nitrogen and oxygen atoms in total. The molecule has 0 aliphatic rings. The number of fused-ring (bicyclic) bond motifs is 1. The number of benzene rings is 1. The highest BCUT2D eigenvalue weighted by molar-refractivity contribution is 6.35. The number of aryl methyl sites for hydroxylation is 1. The molecule has 0 saturated heterocycles. The number of methoxy groups -OCH3 is 1. The fraction of sp³-hybridized carbons (Fsp3) is 0.214. The molecule has 0 aliphatic carbocycles. The highest BCUT2D eigenvalue weighted by Crippen LogP contribution is 2.37. The largest absolute Gasteiger partial charge is 0.496 e. The lowest BCUT2D eigenvalue weighted by Gasteiger charge is -2.05. The van der Waals surface area contributed by atoms with Gasteiger partial charge in [0.1, 0.15) is 5.75 Å². The number of halogens is 1. The van der Waals surface area contributed by atoms with E-state index in [0.29, 0.717) is 10.8 Å². The SMILES string of the molecule is COc1ccc(Cl)c2c1c(/C=C/C(=O)O)c(C)n2C. The van der Waals surface area contributed by atoms with Crippen molar-refractivity contribution in [3.63, 3.8) is 0 Å². The Hall–Kier alpha value is -1.94. The summed E-state index contributed by atoms with van der Waals surface area (Å²) in [4.78, 5) is 10.7. The van der Waals surface area contributed by atoms with Gasteiger partial charge in [0.25, 0.3) is 0 Å². The third-order valence-electron chi connectivity index (χ3n) is 3.20. The molecule has 1 heterocycles. The molecule has 0 bridgehead atoms. The molecule has 0 aliphatic heterocycles. The van der Waals surface area contributed by atoms with Crippen LogP contribution in [0.1, 0.15) is 11.3 Å². The highest BCUT2D eigenvalue weighted by Gasteiger charge is 2.16. The molecular weight excluding hydrogens is 266 g/mol. The van der Waals surface area contributed by atoms with Crippen molar-refractivity contribution in [3.05, 3.63) is 34.5 Å². The summed E-state index contributed by atoms with van der Waals surface area (Å²) in [5.41, 5.74) is 2.57. The Bertz CT molecular complexity index is 686. The van der Waals surface area contributed by atoms with Crippen LogP contribution in [0, 0.1) is 6.92 Å². The summed E-state index contributed by atoms with van der Waals surface area (Å²) in [5.74, 6) is -0.314. The maximum Gasteiger partial charge on any atom is 0.328 e. The normalized spacial score (nSPS) is 11.4. The number of aromatic nitrogens is 1. The third-order valence-corrected chi connectivity index (χ3v) is 3.51. The lowest BCUT2D eigenvalue weighted by Crippen LogP contribution is -1.91. The van der Waals surface area contributed by atoms with Gasteiger partial charge in [-0.15, -0.1) is 0 Å². The van der Waals surface area contributed by atoms with Crippen LogP contribution in [-0.2, 0) is 11.8 Å². The van der Waals surface area contributed by atoms with Crippen LogP contribution in [0.2, 0.25) is 5.02 Å². The van der Waals surface area contributed by atoms with E-state index < -0.39 is 5.97 Å². The Balaban J connectivity index is 2.86. The van der Waals surface area contributed by atoms with E-state index in [2.05, 4.69) is 0 Å². The number of aliphatic carboxylic acids is 1. The molecule has 0 radical (unpaired) electrons. The molecule has 5 heteroatoms.